The summed E-state index contributed by atoms with van der Waals surface area (Å²) in [6, 6.07) is 6.42. The molecule has 1 amide bonds. The molecule has 1 aromatic carbocycles. The molecule has 0 saturated heterocycles. The number of halogens is 1. The van der Waals surface area contributed by atoms with Crippen molar-refractivity contribution in [3.8, 4) is 22.8 Å². The van der Waals surface area contributed by atoms with Gasteiger partial charge in [0.05, 0.1) is 48.6 Å². The number of hydrogen-bond acceptors (Lipinski definition) is 6. The van der Waals surface area contributed by atoms with Crippen LogP contribution in [0.1, 0.15) is 28.9 Å². The molecule has 0 atom stereocenters. The van der Waals surface area contributed by atoms with E-state index in [1.807, 2.05) is 6.07 Å². The highest BCUT2D eigenvalue weighted by molar-refractivity contribution is 6.06. The van der Waals surface area contributed by atoms with E-state index >= 15 is 0 Å². The third-order valence-electron chi connectivity index (χ3n) is 5.67. The van der Waals surface area contributed by atoms with E-state index in [9.17, 15) is 9.18 Å². The highest BCUT2D eigenvalue weighted by Crippen LogP contribution is 2.42. The predicted octanol–water partition coefficient (Wildman–Crippen LogP) is 3.81. The van der Waals surface area contributed by atoms with Crippen molar-refractivity contribution in [3.05, 3.63) is 53.7 Å². The van der Waals surface area contributed by atoms with Crippen LogP contribution in [0.25, 0.3) is 11.3 Å². The van der Waals surface area contributed by atoms with Crippen LogP contribution in [0.2, 0.25) is 0 Å². The van der Waals surface area contributed by atoms with Gasteiger partial charge in [-0.2, -0.15) is 0 Å². The maximum atomic E-state index is 14.3. The first-order chi connectivity index (χ1) is 16.2. The molecule has 0 unspecified atom stereocenters. The number of methoxy groups -OCH3 is 1. The first-order valence-corrected chi connectivity index (χ1v) is 11.0. The number of aromatic nitrogens is 2. The SMILES string of the molecule is COc1c(F)cccc1Nc1c(-c2ccncc2OCCOC2CC2)[nH]c2c1C(=O)NCC2. The Morgan fingerprint density at radius 1 is 1.24 bits per heavy atom. The summed E-state index contributed by atoms with van der Waals surface area (Å²) < 4.78 is 31.2. The molecule has 5 rings (SSSR count). The summed E-state index contributed by atoms with van der Waals surface area (Å²) in [5, 5.41) is 6.11. The molecule has 3 heterocycles. The van der Waals surface area contributed by atoms with E-state index in [0.29, 0.717) is 60.7 Å². The molecule has 1 fully saturated rings. The number of H-pyrrole nitrogens is 1. The Hall–Kier alpha value is -3.59. The molecule has 0 radical (unpaired) electrons. The second-order valence-electron chi connectivity index (χ2n) is 7.97. The van der Waals surface area contributed by atoms with Gasteiger partial charge < -0.3 is 29.8 Å². The molecule has 0 bridgehead atoms. The van der Waals surface area contributed by atoms with Crippen molar-refractivity contribution in [2.24, 2.45) is 0 Å². The monoisotopic (exact) mass is 452 g/mol. The number of ether oxygens (including phenoxy) is 3. The predicted molar refractivity (Wildman–Crippen MR) is 121 cm³/mol. The zero-order valence-corrected chi connectivity index (χ0v) is 18.2. The van der Waals surface area contributed by atoms with Gasteiger partial charge >= 0.3 is 0 Å². The second-order valence-corrected chi connectivity index (χ2v) is 7.97. The van der Waals surface area contributed by atoms with Crippen LogP contribution in [0, 0.1) is 5.82 Å². The van der Waals surface area contributed by atoms with Crippen molar-refractivity contribution in [1.29, 1.82) is 0 Å². The number of fused-ring (bicyclic) bond motifs is 1. The molecule has 2 aliphatic rings. The molecule has 8 nitrogen and oxygen atoms in total. The molecule has 9 heteroatoms. The van der Waals surface area contributed by atoms with Crippen LogP contribution in [0.4, 0.5) is 15.8 Å². The van der Waals surface area contributed by atoms with E-state index in [2.05, 4.69) is 20.6 Å². The van der Waals surface area contributed by atoms with E-state index in [1.54, 1.807) is 24.5 Å². The number of carbonyl (C=O) groups is 1. The maximum Gasteiger partial charge on any atom is 0.255 e. The Labute approximate surface area is 190 Å². The van der Waals surface area contributed by atoms with Crippen molar-refractivity contribution in [1.82, 2.24) is 15.3 Å². The molecule has 2 aromatic heterocycles. The molecule has 3 aromatic rings. The van der Waals surface area contributed by atoms with Crippen molar-refractivity contribution >= 4 is 17.3 Å². The molecule has 1 aliphatic carbocycles. The summed E-state index contributed by atoms with van der Waals surface area (Å²) in [7, 11) is 1.41. The number of rotatable bonds is 9. The van der Waals surface area contributed by atoms with Crippen molar-refractivity contribution in [3.63, 3.8) is 0 Å². The van der Waals surface area contributed by atoms with Gasteiger partial charge in [-0.25, -0.2) is 4.39 Å². The quantitative estimate of drug-likeness (QED) is 0.427. The number of anilines is 2. The fourth-order valence-electron chi connectivity index (χ4n) is 3.96. The Morgan fingerprint density at radius 3 is 2.94 bits per heavy atom. The molecule has 1 saturated carbocycles. The number of amides is 1. The lowest BCUT2D eigenvalue weighted by atomic mass is 10.0. The third-order valence-corrected chi connectivity index (χ3v) is 5.67. The molecular weight excluding hydrogens is 427 g/mol. The van der Waals surface area contributed by atoms with E-state index in [0.717, 1.165) is 24.1 Å². The van der Waals surface area contributed by atoms with Gasteiger partial charge in [-0.3, -0.25) is 9.78 Å². The van der Waals surface area contributed by atoms with Crippen molar-refractivity contribution < 1.29 is 23.4 Å². The van der Waals surface area contributed by atoms with Gasteiger partial charge in [0.25, 0.3) is 5.91 Å². The van der Waals surface area contributed by atoms with Crippen molar-refractivity contribution in [2.75, 3.05) is 32.2 Å². The first-order valence-electron chi connectivity index (χ1n) is 11.0. The highest BCUT2D eigenvalue weighted by atomic mass is 19.1. The summed E-state index contributed by atoms with van der Waals surface area (Å²) in [6.45, 7) is 1.41. The minimum Gasteiger partial charge on any atom is -0.492 e. The summed E-state index contributed by atoms with van der Waals surface area (Å²) in [5.41, 5.74) is 3.61. The average Bonchev–Trinajstić information content (AvgIpc) is 3.57. The van der Waals surface area contributed by atoms with Gasteiger partial charge in [-0.1, -0.05) is 6.07 Å². The maximum absolute atomic E-state index is 14.3. The number of pyridine rings is 1. The number of para-hydroxylation sites is 1. The average molecular weight is 452 g/mol. The molecule has 33 heavy (non-hydrogen) atoms. The van der Waals surface area contributed by atoms with Crippen LogP contribution in [0.15, 0.2) is 36.7 Å². The lowest BCUT2D eigenvalue weighted by molar-refractivity contribution is 0.0881. The van der Waals surface area contributed by atoms with Gasteiger partial charge in [-0.05, 0) is 31.0 Å². The van der Waals surface area contributed by atoms with Crippen LogP contribution >= 0.6 is 0 Å². The number of carbonyl (C=O) groups excluding carboxylic acids is 1. The van der Waals surface area contributed by atoms with Gasteiger partial charge in [0, 0.05) is 30.4 Å². The number of aromatic amines is 1. The summed E-state index contributed by atoms with van der Waals surface area (Å²) in [5.74, 6) is -0.0734. The molecule has 172 valence electrons. The standard InChI is InChI=1S/C24H25FN4O4/c1-31-23-16(25)3-2-4-18(23)29-22-20-17(8-10-27-24(20)30)28-21(22)15-7-9-26-13-19(15)33-12-11-32-14-5-6-14/h2-4,7,9,13-14,28-29H,5-6,8,10-12H2,1H3,(H,27,30). The zero-order valence-electron chi connectivity index (χ0n) is 18.2. The molecule has 3 N–H and O–H groups in total. The van der Waals surface area contributed by atoms with Gasteiger partial charge in [0.2, 0.25) is 0 Å². The fourth-order valence-corrected chi connectivity index (χ4v) is 3.96. The van der Waals surface area contributed by atoms with Gasteiger partial charge in [0.1, 0.15) is 12.4 Å². The van der Waals surface area contributed by atoms with Crippen LogP contribution in [0.5, 0.6) is 11.5 Å². The zero-order chi connectivity index (χ0) is 22.8. The van der Waals surface area contributed by atoms with Crippen LogP contribution in [-0.2, 0) is 11.2 Å². The minimum atomic E-state index is -0.499. The highest BCUT2D eigenvalue weighted by Gasteiger charge is 2.29. The lowest BCUT2D eigenvalue weighted by Crippen LogP contribution is -2.31. The smallest absolute Gasteiger partial charge is 0.255 e. The van der Waals surface area contributed by atoms with E-state index < -0.39 is 5.82 Å². The largest absolute Gasteiger partial charge is 0.492 e. The Balaban J connectivity index is 1.53. The van der Waals surface area contributed by atoms with Crippen LogP contribution < -0.4 is 20.1 Å². The summed E-state index contributed by atoms with van der Waals surface area (Å²) in [6.07, 6.45) is 6.51. The number of nitrogens with zero attached hydrogens (tertiary/aromatic N) is 1. The minimum absolute atomic E-state index is 0.0676. The van der Waals surface area contributed by atoms with Crippen LogP contribution in [-0.4, -0.2) is 48.8 Å². The van der Waals surface area contributed by atoms with E-state index in [1.165, 1.54) is 13.2 Å². The fraction of sp³-hybridized carbons (Fsp3) is 0.333. The molecule has 1 aliphatic heterocycles. The number of benzene rings is 1. The van der Waals surface area contributed by atoms with Gasteiger partial charge in [0.15, 0.2) is 11.6 Å². The lowest BCUT2D eigenvalue weighted by Gasteiger charge is -2.17. The number of hydrogen-bond donors (Lipinski definition) is 3. The molecular formula is C24H25FN4O4. The van der Waals surface area contributed by atoms with Crippen LogP contribution in [0.3, 0.4) is 0 Å². The van der Waals surface area contributed by atoms with Crippen molar-refractivity contribution in [2.45, 2.75) is 25.4 Å². The summed E-state index contributed by atoms with van der Waals surface area (Å²) >= 11 is 0. The Kier molecular flexibility index (Phi) is 5.87. The Morgan fingerprint density at radius 2 is 2.12 bits per heavy atom. The van der Waals surface area contributed by atoms with Gasteiger partial charge in [-0.15, -0.1) is 0 Å². The third kappa shape index (κ3) is 4.36. The topological polar surface area (TPSA) is 97.5 Å². The molecule has 0 spiro atoms. The second kappa shape index (κ2) is 9.11. The summed E-state index contributed by atoms with van der Waals surface area (Å²) in [4.78, 5) is 20.4. The normalized spacial score (nSPS) is 15.0. The first kappa shape index (κ1) is 21.3. The van der Waals surface area contributed by atoms with E-state index in [4.69, 9.17) is 14.2 Å². The Bertz CT molecular complexity index is 1180. The number of nitrogens with one attached hydrogen (secondary N) is 3. The van der Waals surface area contributed by atoms with E-state index in [-0.39, 0.29) is 11.7 Å².